The number of nitrogens with zero attached hydrogens (tertiary/aromatic N) is 1. The molecule has 1 aliphatic heterocycles. The standard InChI is InChI=1S/C13H17NO3/c1-14(17)8-6-11(7-9-14)10-2-4-12(5-3-10)13(15)16/h2-5,11H,6-9H2,1H3,(H,15,16). The van der Waals surface area contributed by atoms with Crippen molar-refractivity contribution in [3.8, 4) is 0 Å². The lowest BCUT2D eigenvalue weighted by Gasteiger charge is -2.44. The zero-order valence-corrected chi connectivity index (χ0v) is 9.93. The van der Waals surface area contributed by atoms with E-state index in [9.17, 15) is 10.0 Å². The van der Waals surface area contributed by atoms with E-state index >= 15 is 0 Å². The summed E-state index contributed by atoms with van der Waals surface area (Å²) in [6, 6.07) is 7.01. The van der Waals surface area contributed by atoms with Crippen LogP contribution >= 0.6 is 0 Å². The van der Waals surface area contributed by atoms with E-state index in [0.29, 0.717) is 24.6 Å². The van der Waals surface area contributed by atoms with Gasteiger partial charge in [-0.05, 0) is 23.6 Å². The molecule has 0 aromatic heterocycles. The summed E-state index contributed by atoms with van der Waals surface area (Å²) in [6.07, 6.45) is 1.76. The summed E-state index contributed by atoms with van der Waals surface area (Å²) in [5.74, 6) is -0.498. The van der Waals surface area contributed by atoms with Crippen LogP contribution in [0.3, 0.4) is 0 Å². The minimum atomic E-state index is -0.899. The van der Waals surface area contributed by atoms with Crippen LogP contribution < -0.4 is 0 Å². The number of carboxylic acids is 1. The third kappa shape index (κ3) is 2.84. The fourth-order valence-electron chi connectivity index (χ4n) is 2.35. The zero-order valence-electron chi connectivity index (χ0n) is 9.93. The summed E-state index contributed by atoms with van der Waals surface area (Å²) in [7, 11) is 1.71. The van der Waals surface area contributed by atoms with Crippen molar-refractivity contribution in [2.24, 2.45) is 0 Å². The van der Waals surface area contributed by atoms with Crippen LogP contribution in [0.5, 0.6) is 0 Å². The number of rotatable bonds is 2. The number of likely N-dealkylation sites (tertiary alicyclic amines) is 1. The topological polar surface area (TPSA) is 60.4 Å². The number of carboxylic acid groups (broad SMARTS) is 1. The van der Waals surface area contributed by atoms with Crippen LogP contribution in [0.15, 0.2) is 24.3 Å². The Morgan fingerprint density at radius 2 is 1.82 bits per heavy atom. The van der Waals surface area contributed by atoms with Crippen molar-refractivity contribution in [1.29, 1.82) is 0 Å². The van der Waals surface area contributed by atoms with Gasteiger partial charge in [0.15, 0.2) is 0 Å². The fraction of sp³-hybridized carbons (Fsp3) is 0.462. The maximum atomic E-state index is 11.7. The van der Waals surface area contributed by atoms with E-state index in [-0.39, 0.29) is 4.65 Å². The molecule has 4 nitrogen and oxygen atoms in total. The smallest absolute Gasteiger partial charge is 0.335 e. The number of hydrogen-bond donors (Lipinski definition) is 1. The predicted molar refractivity (Wildman–Crippen MR) is 64.7 cm³/mol. The number of carbonyl (C=O) groups is 1. The maximum Gasteiger partial charge on any atom is 0.335 e. The Morgan fingerprint density at radius 1 is 1.29 bits per heavy atom. The van der Waals surface area contributed by atoms with Gasteiger partial charge in [-0.25, -0.2) is 4.79 Å². The van der Waals surface area contributed by atoms with Gasteiger partial charge < -0.3 is 15.0 Å². The van der Waals surface area contributed by atoms with Crippen molar-refractivity contribution in [3.05, 3.63) is 40.6 Å². The van der Waals surface area contributed by atoms with Gasteiger partial charge in [-0.1, -0.05) is 12.1 Å². The molecular weight excluding hydrogens is 218 g/mol. The molecule has 0 aliphatic carbocycles. The summed E-state index contributed by atoms with van der Waals surface area (Å²) in [4.78, 5) is 10.7. The zero-order chi connectivity index (χ0) is 12.5. The quantitative estimate of drug-likeness (QED) is 0.631. The van der Waals surface area contributed by atoms with Crippen LogP contribution in [0, 0.1) is 5.21 Å². The summed E-state index contributed by atoms with van der Waals surface area (Å²) in [5.41, 5.74) is 1.46. The minimum Gasteiger partial charge on any atom is -0.633 e. The van der Waals surface area contributed by atoms with Gasteiger partial charge in [0.25, 0.3) is 0 Å². The van der Waals surface area contributed by atoms with Crippen molar-refractivity contribution in [3.63, 3.8) is 0 Å². The lowest BCUT2D eigenvalue weighted by atomic mass is 9.89. The Labute approximate surface area is 101 Å². The minimum absolute atomic E-state index is 0.149. The average Bonchev–Trinajstić information content (AvgIpc) is 2.29. The number of piperidine rings is 1. The number of quaternary nitrogens is 1. The molecule has 0 radical (unpaired) electrons. The van der Waals surface area contributed by atoms with E-state index in [1.807, 2.05) is 12.1 Å². The molecule has 1 aromatic carbocycles. The van der Waals surface area contributed by atoms with Gasteiger partial charge in [0.1, 0.15) is 0 Å². The molecule has 0 unspecified atom stereocenters. The van der Waals surface area contributed by atoms with E-state index in [1.165, 1.54) is 0 Å². The third-order valence-corrected chi connectivity index (χ3v) is 3.53. The summed E-state index contributed by atoms with van der Waals surface area (Å²) in [6.45, 7) is 1.29. The van der Waals surface area contributed by atoms with Gasteiger partial charge in [0.2, 0.25) is 0 Å². The Hall–Kier alpha value is -1.39. The molecule has 4 heteroatoms. The van der Waals surface area contributed by atoms with Crippen LogP contribution in [-0.4, -0.2) is 35.9 Å². The lowest BCUT2D eigenvalue weighted by molar-refractivity contribution is -0.866. The molecule has 0 bridgehead atoms. The molecule has 1 heterocycles. The Balaban J connectivity index is 2.06. The van der Waals surface area contributed by atoms with Gasteiger partial charge in [-0.3, -0.25) is 0 Å². The predicted octanol–water partition coefficient (Wildman–Crippen LogP) is 2.21. The Bertz CT molecular complexity index is 401. The monoisotopic (exact) mass is 235 g/mol. The second-order valence-electron chi connectivity index (χ2n) is 4.95. The second-order valence-corrected chi connectivity index (χ2v) is 4.95. The SMILES string of the molecule is C[N+]1([O-])CCC(c2ccc(C(=O)O)cc2)CC1. The number of hydrogen-bond acceptors (Lipinski definition) is 2. The van der Waals surface area contributed by atoms with Crippen LogP contribution in [-0.2, 0) is 0 Å². The van der Waals surface area contributed by atoms with Crippen molar-refractivity contribution in [2.45, 2.75) is 18.8 Å². The first-order valence-corrected chi connectivity index (χ1v) is 5.87. The van der Waals surface area contributed by atoms with Crippen LogP contribution in [0.4, 0.5) is 0 Å². The van der Waals surface area contributed by atoms with Gasteiger partial charge in [-0.2, -0.15) is 0 Å². The van der Waals surface area contributed by atoms with E-state index in [2.05, 4.69) is 0 Å². The molecule has 0 atom stereocenters. The summed E-state index contributed by atoms with van der Waals surface area (Å²) >= 11 is 0. The lowest BCUT2D eigenvalue weighted by Crippen LogP contribution is -2.43. The van der Waals surface area contributed by atoms with Crippen molar-refractivity contribution < 1.29 is 14.5 Å². The molecule has 1 fully saturated rings. The molecule has 2 rings (SSSR count). The largest absolute Gasteiger partial charge is 0.633 e. The summed E-state index contributed by atoms with van der Waals surface area (Å²) in [5, 5.41) is 20.5. The van der Waals surface area contributed by atoms with E-state index < -0.39 is 5.97 Å². The summed E-state index contributed by atoms with van der Waals surface area (Å²) < 4.78 is -0.149. The highest BCUT2D eigenvalue weighted by Gasteiger charge is 2.24. The first-order valence-electron chi connectivity index (χ1n) is 5.87. The van der Waals surface area contributed by atoms with E-state index in [1.54, 1.807) is 19.2 Å². The molecule has 92 valence electrons. The highest BCUT2D eigenvalue weighted by Crippen LogP contribution is 2.30. The third-order valence-electron chi connectivity index (χ3n) is 3.53. The van der Waals surface area contributed by atoms with Gasteiger partial charge in [0, 0.05) is 12.8 Å². The van der Waals surface area contributed by atoms with E-state index in [4.69, 9.17) is 5.11 Å². The van der Waals surface area contributed by atoms with Crippen LogP contribution in [0.25, 0.3) is 0 Å². The van der Waals surface area contributed by atoms with Crippen LogP contribution in [0.1, 0.15) is 34.7 Å². The fourth-order valence-corrected chi connectivity index (χ4v) is 2.35. The molecule has 1 N–H and O–H groups in total. The molecule has 1 aliphatic rings. The van der Waals surface area contributed by atoms with Crippen molar-refractivity contribution in [2.75, 3.05) is 20.1 Å². The molecule has 0 amide bonds. The van der Waals surface area contributed by atoms with Crippen molar-refractivity contribution in [1.82, 2.24) is 0 Å². The van der Waals surface area contributed by atoms with Gasteiger partial charge in [0.05, 0.1) is 25.7 Å². The normalized spacial score (nSPS) is 28.9. The second kappa shape index (κ2) is 4.47. The first-order chi connectivity index (χ1) is 7.98. The molecule has 0 saturated carbocycles. The Kier molecular flexibility index (Phi) is 3.17. The highest BCUT2D eigenvalue weighted by atomic mass is 16.5. The molecule has 17 heavy (non-hydrogen) atoms. The average molecular weight is 235 g/mol. The Morgan fingerprint density at radius 3 is 2.29 bits per heavy atom. The van der Waals surface area contributed by atoms with Gasteiger partial charge >= 0.3 is 5.97 Å². The molecular formula is C13H17NO3. The molecule has 0 spiro atoms. The number of aromatic carboxylic acids is 1. The highest BCUT2D eigenvalue weighted by molar-refractivity contribution is 5.87. The number of benzene rings is 1. The molecule has 1 saturated heterocycles. The van der Waals surface area contributed by atoms with Crippen LogP contribution in [0.2, 0.25) is 0 Å². The van der Waals surface area contributed by atoms with Gasteiger partial charge in [-0.15, -0.1) is 0 Å². The number of hydroxylamine groups is 3. The van der Waals surface area contributed by atoms with E-state index in [0.717, 1.165) is 18.4 Å². The maximum absolute atomic E-state index is 11.7. The first kappa shape index (κ1) is 12.1. The van der Waals surface area contributed by atoms with Crippen molar-refractivity contribution >= 4 is 5.97 Å². The molecule has 1 aromatic rings.